The smallest absolute Gasteiger partial charge is 0.304 e. The van der Waals surface area contributed by atoms with E-state index in [4.69, 9.17) is 21.1 Å². The quantitative estimate of drug-likeness (QED) is 0.265. The summed E-state index contributed by atoms with van der Waals surface area (Å²) in [7, 11) is -0.148. The van der Waals surface area contributed by atoms with Gasteiger partial charge in [-0.15, -0.1) is 0 Å². The van der Waals surface area contributed by atoms with E-state index in [1.54, 1.807) is 41.7 Å². The third-order valence-electron chi connectivity index (χ3n) is 7.84. The molecule has 5 rings (SSSR count). The number of esters is 1. The number of hydrogen-bond acceptors (Lipinski definition) is 6. The SMILES string of the molecule is COc1ccc(N2[C@@H](OC(C)=O)CC(CCNCCC(=O)N3CCc4ccccc4C3)c3cccc(Cl)c3S2=O)cc1. The van der Waals surface area contributed by atoms with Gasteiger partial charge in [-0.25, -0.2) is 8.51 Å². The number of methoxy groups -OCH3 is 1. The van der Waals surface area contributed by atoms with E-state index >= 15 is 0 Å². The summed E-state index contributed by atoms with van der Waals surface area (Å²) >= 11 is 6.65. The van der Waals surface area contributed by atoms with Gasteiger partial charge in [-0.2, -0.15) is 0 Å². The second kappa shape index (κ2) is 13.7. The van der Waals surface area contributed by atoms with Crippen LogP contribution in [0.1, 0.15) is 48.8 Å². The second-order valence-electron chi connectivity index (χ2n) is 10.6. The lowest BCUT2D eigenvalue weighted by atomic mass is 9.91. The van der Waals surface area contributed by atoms with E-state index < -0.39 is 23.2 Å². The highest BCUT2D eigenvalue weighted by Gasteiger charge is 2.37. The van der Waals surface area contributed by atoms with Crippen LogP contribution in [0.15, 0.2) is 71.6 Å². The van der Waals surface area contributed by atoms with Gasteiger partial charge >= 0.3 is 5.97 Å². The molecule has 2 aliphatic heterocycles. The number of nitrogens with one attached hydrogen (secondary N) is 1. The highest BCUT2D eigenvalue weighted by Crippen LogP contribution is 2.41. The van der Waals surface area contributed by atoms with Crippen molar-refractivity contribution in [3.63, 3.8) is 0 Å². The molecule has 0 aliphatic carbocycles. The Morgan fingerprint density at radius 3 is 2.52 bits per heavy atom. The predicted molar refractivity (Wildman–Crippen MR) is 164 cm³/mol. The Morgan fingerprint density at radius 1 is 1.02 bits per heavy atom. The third-order valence-corrected chi connectivity index (χ3v) is 9.87. The Hall–Kier alpha value is -3.40. The minimum absolute atomic E-state index is 0.0861. The van der Waals surface area contributed by atoms with Crippen LogP contribution >= 0.6 is 11.6 Å². The molecule has 0 fully saturated rings. The van der Waals surface area contributed by atoms with Gasteiger partial charge in [0.2, 0.25) is 5.91 Å². The molecule has 2 heterocycles. The molecule has 3 aromatic carbocycles. The van der Waals surface area contributed by atoms with Gasteiger partial charge < -0.3 is 19.7 Å². The van der Waals surface area contributed by atoms with E-state index in [2.05, 4.69) is 17.4 Å². The number of rotatable bonds is 9. The maximum absolute atomic E-state index is 14.1. The molecule has 0 saturated heterocycles. The largest absolute Gasteiger partial charge is 0.497 e. The Balaban J connectivity index is 1.27. The van der Waals surface area contributed by atoms with E-state index in [1.165, 1.54) is 18.1 Å². The zero-order chi connectivity index (χ0) is 29.6. The average Bonchev–Trinajstić information content (AvgIpc) is 3.10. The van der Waals surface area contributed by atoms with Gasteiger partial charge in [0.05, 0.1) is 22.7 Å². The third kappa shape index (κ3) is 6.80. The highest BCUT2D eigenvalue weighted by atomic mass is 35.5. The van der Waals surface area contributed by atoms with E-state index in [-0.39, 0.29) is 11.8 Å². The Bertz CT molecular complexity index is 1450. The molecular weight excluding hydrogens is 574 g/mol. The van der Waals surface area contributed by atoms with Crippen LogP contribution in [0.25, 0.3) is 0 Å². The molecule has 1 N–H and O–H groups in total. The lowest BCUT2D eigenvalue weighted by molar-refractivity contribution is -0.146. The first kappa shape index (κ1) is 30.1. The zero-order valence-electron chi connectivity index (χ0n) is 23.9. The van der Waals surface area contributed by atoms with Gasteiger partial charge in [-0.05, 0) is 72.3 Å². The fourth-order valence-electron chi connectivity index (χ4n) is 5.72. The normalized spacial score (nSPS) is 19.8. The summed E-state index contributed by atoms with van der Waals surface area (Å²) < 4.78 is 26.8. The monoisotopic (exact) mass is 609 g/mol. The van der Waals surface area contributed by atoms with E-state index in [1.807, 2.05) is 29.2 Å². The van der Waals surface area contributed by atoms with Crippen LogP contribution in [-0.4, -0.2) is 54.0 Å². The van der Waals surface area contributed by atoms with E-state index in [0.29, 0.717) is 60.3 Å². The predicted octanol–water partition coefficient (Wildman–Crippen LogP) is 5.21. The molecule has 2 unspecified atom stereocenters. The van der Waals surface area contributed by atoms with Gasteiger partial charge in [0, 0.05) is 39.4 Å². The number of anilines is 1. The van der Waals surface area contributed by atoms with Crippen LogP contribution in [0.5, 0.6) is 5.75 Å². The minimum Gasteiger partial charge on any atom is -0.497 e. The van der Waals surface area contributed by atoms with Gasteiger partial charge in [0.25, 0.3) is 0 Å². The number of nitrogens with zero attached hydrogens (tertiary/aromatic N) is 2. The summed E-state index contributed by atoms with van der Waals surface area (Å²) in [5, 5.41) is 3.82. The molecule has 0 aromatic heterocycles. The highest BCUT2D eigenvalue weighted by molar-refractivity contribution is 7.86. The molecule has 0 radical (unpaired) electrons. The summed E-state index contributed by atoms with van der Waals surface area (Å²) in [6.45, 7) is 3.95. The van der Waals surface area contributed by atoms with Crippen LogP contribution in [0.4, 0.5) is 5.69 Å². The number of carbonyl (C=O) groups is 2. The first-order valence-electron chi connectivity index (χ1n) is 14.2. The van der Waals surface area contributed by atoms with Gasteiger partial charge in [-0.1, -0.05) is 48.0 Å². The summed E-state index contributed by atoms with van der Waals surface area (Å²) in [6, 6.07) is 21.0. The fourth-order valence-corrected chi connectivity index (χ4v) is 7.62. The topological polar surface area (TPSA) is 88.2 Å². The lowest BCUT2D eigenvalue weighted by Crippen LogP contribution is -2.39. The second-order valence-corrected chi connectivity index (χ2v) is 12.3. The van der Waals surface area contributed by atoms with Crippen molar-refractivity contribution in [2.75, 3.05) is 31.0 Å². The van der Waals surface area contributed by atoms with Crippen molar-refractivity contribution in [2.24, 2.45) is 0 Å². The van der Waals surface area contributed by atoms with E-state index in [9.17, 15) is 13.8 Å². The van der Waals surface area contributed by atoms with Crippen molar-refractivity contribution in [1.29, 1.82) is 0 Å². The van der Waals surface area contributed by atoms with Crippen LogP contribution < -0.4 is 14.4 Å². The Labute approximate surface area is 254 Å². The molecular formula is C32H36ClN3O5S. The number of hydrogen-bond donors (Lipinski definition) is 1. The number of fused-ring (bicyclic) bond motifs is 2. The zero-order valence-corrected chi connectivity index (χ0v) is 25.5. The van der Waals surface area contributed by atoms with Crippen LogP contribution in [-0.2, 0) is 38.3 Å². The lowest BCUT2D eigenvalue weighted by Gasteiger charge is -2.30. The molecule has 222 valence electrons. The number of halogens is 1. The van der Waals surface area contributed by atoms with Crippen molar-refractivity contribution < 1.29 is 23.3 Å². The maximum atomic E-state index is 14.1. The van der Waals surface area contributed by atoms with Crippen LogP contribution in [0, 0.1) is 0 Å². The van der Waals surface area contributed by atoms with Gasteiger partial charge in [0.15, 0.2) is 17.2 Å². The van der Waals surface area contributed by atoms with Crippen molar-refractivity contribution in [3.8, 4) is 5.75 Å². The molecule has 10 heteroatoms. The molecule has 8 nitrogen and oxygen atoms in total. The van der Waals surface area contributed by atoms with Crippen LogP contribution in [0.3, 0.4) is 0 Å². The molecule has 42 heavy (non-hydrogen) atoms. The number of carbonyl (C=O) groups excluding carboxylic acids is 2. The standard InChI is InChI=1S/C32H36ClN3O5S/c1-22(37)41-31-20-24(14-17-34-18-15-30(38)35-19-16-23-6-3-4-7-25(23)21-35)28-8-5-9-29(33)32(28)42(39)36(31)26-10-12-27(40-2)13-11-26/h3-13,24,31,34H,14-21H2,1-2H3/t24?,31-,42?/m0/s1. The van der Waals surface area contributed by atoms with Crippen LogP contribution in [0.2, 0.25) is 5.02 Å². The van der Waals surface area contributed by atoms with Gasteiger partial charge in [-0.3, -0.25) is 9.59 Å². The molecule has 3 atom stereocenters. The van der Waals surface area contributed by atoms with Gasteiger partial charge in [0.1, 0.15) is 5.75 Å². The Morgan fingerprint density at radius 2 is 1.79 bits per heavy atom. The molecule has 2 aliphatic rings. The summed E-state index contributed by atoms with van der Waals surface area (Å²) in [4.78, 5) is 27.5. The average molecular weight is 610 g/mol. The maximum Gasteiger partial charge on any atom is 0.304 e. The number of amides is 1. The number of benzene rings is 3. The molecule has 0 spiro atoms. The summed E-state index contributed by atoms with van der Waals surface area (Å²) in [5.74, 6) is 0.263. The van der Waals surface area contributed by atoms with Crippen molar-refractivity contribution in [3.05, 3.63) is 88.4 Å². The summed E-state index contributed by atoms with van der Waals surface area (Å²) in [5.41, 5.74) is 4.05. The van der Waals surface area contributed by atoms with E-state index in [0.717, 1.165) is 18.5 Å². The van der Waals surface area contributed by atoms with Crippen molar-refractivity contribution in [2.45, 2.75) is 56.2 Å². The molecule has 1 amide bonds. The summed E-state index contributed by atoms with van der Waals surface area (Å²) in [6.07, 6.45) is 1.65. The van der Waals surface area contributed by atoms with Crippen molar-refractivity contribution >= 4 is 40.2 Å². The minimum atomic E-state index is -1.73. The number of ether oxygens (including phenoxy) is 2. The molecule has 3 aromatic rings. The van der Waals surface area contributed by atoms with Crippen molar-refractivity contribution in [1.82, 2.24) is 10.2 Å². The fraction of sp³-hybridized carbons (Fsp3) is 0.375. The molecule has 0 bridgehead atoms. The first-order valence-corrected chi connectivity index (χ1v) is 15.7. The Kier molecular flexibility index (Phi) is 9.82. The first-order chi connectivity index (χ1) is 20.4. The molecule has 0 saturated carbocycles.